The molecule has 0 bridgehead atoms. The minimum atomic E-state index is -1.59. The molecule has 0 amide bonds. The zero-order valence-corrected chi connectivity index (χ0v) is 14.9. The highest BCUT2D eigenvalue weighted by molar-refractivity contribution is 6.83. The molecule has 0 fully saturated rings. The van der Waals surface area contributed by atoms with Crippen molar-refractivity contribution in [2.45, 2.75) is 19.6 Å². The standard InChI is InChI=1S/C19H18N2O2Si/c1-24(2,3)12-11-16-14-19(21(22)23)17(13-18(16)20)10-9-15-7-5-4-6-8-15/h4-8,13-14H,20H2,1-3H3. The normalized spacial score (nSPS) is 10.1. The molecule has 24 heavy (non-hydrogen) atoms. The van der Waals surface area contributed by atoms with Crippen molar-refractivity contribution in [3.63, 3.8) is 0 Å². The van der Waals surface area contributed by atoms with Crippen LogP contribution in [0.2, 0.25) is 19.6 Å². The fourth-order valence-corrected chi connectivity index (χ4v) is 2.39. The number of nitro groups is 1. The van der Waals surface area contributed by atoms with Crippen LogP contribution in [0.25, 0.3) is 0 Å². The van der Waals surface area contributed by atoms with Crippen LogP contribution in [0, 0.1) is 33.4 Å². The second kappa shape index (κ2) is 7.04. The Hall–Kier alpha value is -3.02. The van der Waals surface area contributed by atoms with Crippen LogP contribution in [0.3, 0.4) is 0 Å². The molecular weight excluding hydrogens is 316 g/mol. The van der Waals surface area contributed by atoms with Crippen molar-refractivity contribution >= 4 is 19.4 Å². The van der Waals surface area contributed by atoms with Crippen molar-refractivity contribution in [2.75, 3.05) is 5.73 Å². The third-order valence-electron chi connectivity index (χ3n) is 3.05. The topological polar surface area (TPSA) is 69.2 Å². The fourth-order valence-electron chi connectivity index (χ4n) is 1.88. The summed E-state index contributed by atoms with van der Waals surface area (Å²) in [7, 11) is -1.59. The summed E-state index contributed by atoms with van der Waals surface area (Å²) in [6.07, 6.45) is 0. The van der Waals surface area contributed by atoms with E-state index in [2.05, 4.69) is 42.9 Å². The maximum atomic E-state index is 11.4. The van der Waals surface area contributed by atoms with Gasteiger partial charge in [0.15, 0.2) is 0 Å². The van der Waals surface area contributed by atoms with Gasteiger partial charge in [-0.05, 0) is 18.2 Å². The van der Waals surface area contributed by atoms with E-state index in [1.54, 1.807) is 0 Å². The molecule has 0 saturated carbocycles. The number of anilines is 1. The Morgan fingerprint density at radius 1 is 1.00 bits per heavy atom. The van der Waals surface area contributed by atoms with Gasteiger partial charge >= 0.3 is 0 Å². The minimum absolute atomic E-state index is 0.0764. The van der Waals surface area contributed by atoms with E-state index in [4.69, 9.17) is 5.73 Å². The van der Waals surface area contributed by atoms with Crippen molar-refractivity contribution < 1.29 is 4.92 Å². The Morgan fingerprint density at radius 2 is 1.67 bits per heavy atom. The van der Waals surface area contributed by atoms with Gasteiger partial charge in [0.05, 0.1) is 10.5 Å². The van der Waals surface area contributed by atoms with Crippen LogP contribution in [-0.2, 0) is 0 Å². The molecule has 0 aromatic heterocycles. The predicted octanol–water partition coefficient (Wildman–Crippen LogP) is 3.81. The largest absolute Gasteiger partial charge is 0.398 e. The maximum Gasteiger partial charge on any atom is 0.286 e. The second-order valence-corrected chi connectivity index (χ2v) is 11.1. The van der Waals surface area contributed by atoms with Gasteiger partial charge in [0, 0.05) is 17.3 Å². The Kier molecular flexibility index (Phi) is 5.08. The molecule has 2 aromatic rings. The Morgan fingerprint density at radius 3 is 2.25 bits per heavy atom. The summed E-state index contributed by atoms with van der Waals surface area (Å²) in [5.74, 6) is 8.74. The van der Waals surface area contributed by atoms with Crippen molar-refractivity contribution in [3.05, 3.63) is 69.3 Å². The number of nitrogens with two attached hydrogens (primary N) is 1. The molecule has 0 aliphatic rings. The van der Waals surface area contributed by atoms with Crippen molar-refractivity contribution in [3.8, 4) is 23.3 Å². The molecule has 4 nitrogen and oxygen atoms in total. The summed E-state index contributed by atoms with van der Waals surface area (Å²) >= 11 is 0. The van der Waals surface area contributed by atoms with Gasteiger partial charge in [-0.3, -0.25) is 10.1 Å². The highest BCUT2D eigenvalue weighted by atomic mass is 28.3. The number of nitrogens with zero attached hydrogens (tertiary/aromatic N) is 1. The van der Waals surface area contributed by atoms with E-state index in [-0.39, 0.29) is 5.69 Å². The number of nitro benzene ring substituents is 1. The van der Waals surface area contributed by atoms with E-state index in [0.717, 1.165) is 5.56 Å². The van der Waals surface area contributed by atoms with Gasteiger partial charge < -0.3 is 5.73 Å². The third kappa shape index (κ3) is 4.74. The molecule has 0 spiro atoms. The summed E-state index contributed by atoms with van der Waals surface area (Å²) in [4.78, 5) is 10.9. The lowest BCUT2D eigenvalue weighted by molar-refractivity contribution is -0.385. The molecule has 2 N–H and O–H groups in total. The number of rotatable bonds is 1. The highest BCUT2D eigenvalue weighted by Gasteiger charge is 2.16. The van der Waals surface area contributed by atoms with Gasteiger partial charge in [-0.15, -0.1) is 5.54 Å². The summed E-state index contributed by atoms with van der Waals surface area (Å²) in [6.45, 7) is 6.30. The van der Waals surface area contributed by atoms with Crippen molar-refractivity contribution in [1.29, 1.82) is 0 Å². The van der Waals surface area contributed by atoms with E-state index in [1.165, 1.54) is 12.1 Å². The number of hydrogen-bond acceptors (Lipinski definition) is 3. The van der Waals surface area contributed by atoms with Gasteiger partial charge in [0.1, 0.15) is 13.6 Å². The van der Waals surface area contributed by atoms with Gasteiger partial charge in [0.2, 0.25) is 0 Å². The molecule has 2 rings (SSSR count). The summed E-state index contributed by atoms with van der Waals surface area (Å²) in [5.41, 5.74) is 11.1. The molecule has 0 radical (unpaired) electrons. The van der Waals surface area contributed by atoms with E-state index in [0.29, 0.717) is 16.8 Å². The molecular formula is C19H18N2O2Si. The minimum Gasteiger partial charge on any atom is -0.398 e. The van der Waals surface area contributed by atoms with Crippen molar-refractivity contribution in [1.82, 2.24) is 0 Å². The summed E-state index contributed by atoms with van der Waals surface area (Å²) < 4.78 is 0. The van der Waals surface area contributed by atoms with Crippen LogP contribution < -0.4 is 5.73 Å². The molecule has 0 aliphatic heterocycles. The number of hydrogen-bond donors (Lipinski definition) is 1. The lowest BCUT2D eigenvalue weighted by Crippen LogP contribution is -2.16. The van der Waals surface area contributed by atoms with Gasteiger partial charge in [-0.25, -0.2) is 0 Å². The number of benzene rings is 2. The first-order chi connectivity index (χ1) is 11.3. The molecule has 0 unspecified atom stereocenters. The Bertz CT molecular complexity index is 892. The van der Waals surface area contributed by atoms with Crippen LogP contribution >= 0.6 is 0 Å². The third-order valence-corrected chi connectivity index (χ3v) is 3.93. The average Bonchev–Trinajstić information content (AvgIpc) is 2.51. The SMILES string of the molecule is C[Si](C)(C)C#Cc1cc([N+](=O)[O-])c(C#Cc2ccccc2)cc1N. The van der Waals surface area contributed by atoms with Crippen LogP contribution in [0.15, 0.2) is 42.5 Å². The van der Waals surface area contributed by atoms with E-state index < -0.39 is 13.0 Å². The quantitative estimate of drug-likeness (QED) is 0.283. The van der Waals surface area contributed by atoms with E-state index >= 15 is 0 Å². The molecule has 120 valence electrons. The first-order valence-electron chi connectivity index (χ1n) is 7.44. The first kappa shape index (κ1) is 17.3. The monoisotopic (exact) mass is 334 g/mol. The summed E-state index contributed by atoms with van der Waals surface area (Å²) in [5, 5.41) is 11.4. The van der Waals surface area contributed by atoms with Crippen molar-refractivity contribution in [2.24, 2.45) is 0 Å². The van der Waals surface area contributed by atoms with Crippen LogP contribution in [-0.4, -0.2) is 13.0 Å². The lowest BCUT2D eigenvalue weighted by Gasteiger charge is -2.05. The van der Waals surface area contributed by atoms with Gasteiger partial charge in [-0.2, -0.15) is 0 Å². The smallest absolute Gasteiger partial charge is 0.286 e. The van der Waals surface area contributed by atoms with Gasteiger partial charge in [0.25, 0.3) is 5.69 Å². The molecule has 2 aromatic carbocycles. The second-order valence-electron chi connectivity index (χ2n) is 6.33. The highest BCUT2D eigenvalue weighted by Crippen LogP contribution is 2.24. The number of nitrogen functional groups attached to an aromatic ring is 1. The maximum absolute atomic E-state index is 11.4. The average molecular weight is 334 g/mol. The molecule has 0 saturated heterocycles. The Labute approximate surface area is 142 Å². The molecule has 0 aliphatic carbocycles. The molecule has 0 heterocycles. The Balaban J connectivity index is 2.50. The zero-order valence-electron chi connectivity index (χ0n) is 13.9. The predicted molar refractivity (Wildman–Crippen MR) is 100 cm³/mol. The van der Waals surface area contributed by atoms with Crippen LogP contribution in [0.4, 0.5) is 11.4 Å². The van der Waals surface area contributed by atoms with E-state index in [9.17, 15) is 10.1 Å². The summed E-state index contributed by atoms with van der Waals surface area (Å²) in [6, 6.07) is 12.2. The van der Waals surface area contributed by atoms with E-state index in [1.807, 2.05) is 30.3 Å². The molecule has 0 atom stereocenters. The molecule has 5 heteroatoms. The fraction of sp³-hybridized carbons (Fsp3) is 0.158. The van der Waals surface area contributed by atoms with Crippen LogP contribution in [0.5, 0.6) is 0 Å². The first-order valence-corrected chi connectivity index (χ1v) is 10.9. The lowest BCUT2D eigenvalue weighted by atomic mass is 10.1. The van der Waals surface area contributed by atoms with Crippen LogP contribution in [0.1, 0.15) is 16.7 Å². The zero-order chi connectivity index (χ0) is 17.7. The van der Waals surface area contributed by atoms with Gasteiger partial charge in [-0.1, -0.05) is 55.6 Å².